The van der Waals surface area contributed by atoms with E-state index in [1.807, 2.05) is 6.19 Å². The Morgan fingerprint density at radius 2 is 2.55 bits per heavy atom. The van der Waals surface area contributed by atoms with Gasteiger partial charge in [0.15, 0.2) is 12.0 Å². The first-order valence-electron chi connectivity index (χ1n) is 3.24. The van der Waals surface area contributed by atoms with Gasteiger partial charge in [-0.1, -0.05) is 5.16 Å². The minimum absolute atomic E-state index is 0.551. The molecule has 5 heteroatoms. The van der Waals surface area contributed by atoms with Gasteiger partial charge in [-0.15, -0.1) is 0 Å². The second kappa shape index (κ2) is 3.56. The maximum absolute atomic E-state index is 8.12. The molecule has 0 aliphatic carbocycles. The van der Waals surface area contributed by atoms with Crippen LogP contribution < -0.4 is 5.32 Å². The second-order valence-corrected chi connectivity index (χ2v) is 2.02. The van der Waals surface area contributed by atoms with Crippen molar-refractivity contribution in [3.05, 3.63) is 11.7 Å². The molecule has 0 atom stereocenters. The zero-order valence-corrected chi connectivity index (χ0v) is 6.16. The maximum atomic E-state index is 8.12. The van der Waals surface area contributed by atoms with Crippen molar-refractivity contribution in [2.75, 3.05) is 6.54 Å². The van der Waals surface area contributed by atoms with E-state index in [2.05, 4.69) is 15.5 Å². The van der Waals surface area contributed by atoms with Crippen molar-refractivity contribution in [1.82, 2.24) is 15.5 Å². The van der Waals surface area contributed by atoms with Crippen LogP contribution in [0.3, 0.4) is 0 Å². The third-order valence-electron chi connectivity index (χ3n) is 1.12. The molecule has 1 rings (SSSR count). The fourth-order valence-electron chi connectivity index (χ4n) is 0.673. The number of aryl methyl sites for hydroxylation is 1. The van der Waals surface area contributed by atoms with Gasteiger partial charge in [0.1, 0.15) is 0 Å². The molecule has 0 aliphatic heterocycles. The summed E-state index contributed by atoms with van der Waals surface area (Å²) in [7, 11) is 0. The molecule has 0 radical (unpaired) electrons. The fraction of sp³-hybridized carbons (Fsp3) is 0.500. The Balaban J connectivity index is 2.34. The molecule has 0 saturated heterocycles. The summed E-state index contributed by atoms with van der Waals surface area (Å²) in [5.74, 6) is 1.18. The standard InChI is InChI=1S/C6H8N4O/c1-5-9-6(10-11-5)2-3-8-4-7/h8H,2-3H2,1H3. The third kappa shape index (κ3) is 2.26. The number of nitrogens with one attached hydrogen (secondary N) is 1. The van der Waals surface area contributed by atoms with Gasteiger partial charge < -0.3 is 9.84 Å². The van der Waals surface area contributed by atoms with E-state index in [1.54, 1.807) is 6.92 Å². The molecule has 1 N–H and O–H groups in total. The lowest BCUT2D eigenvalue weighted by Crippen LogP contribution is -2.10. The van der Waals surface area contributed by atoms with Crippen LogP contribution in [-0.2, 0) is 6.42 Å². The van der Waals surface area contributed by atoms with E-state index in [1.165, 1.54) is 0 Å². The van der Waals surface area contributed by atoms with Crippen molar-refractivity contribution >= 4 is 0 Å². The number of rotatable bonds is 3. The number of nitriles is 1. The normalized spacial score (nSPS) is 9.09. The van der Waals surface area contributed by atoms with E-state index >= 15 is 0 Å². The Labute approximate surface area is 64.0 Å². The van der Waals surface area contributed by atoms with Crippen LogP contribution in [0.4, 0.5) is 0 Å². The number of aromatic nitrogens is 2. The van der Waals surface area contributed by atoms with Crippen LogP contribution in [0.25, 0.3) is 0 Å². The Morgan fingerprint density at radius 3 is 3.09 bits per heavy atom. The van der Waals surface area contributed by atoms with Crippen LogP contribution >= 0.6 is 0 Å². The molecule has 0 fully saturated rings. The van der Waals surface area contributed by atoms with E-state index in [-0.39, 0.29) is 0 Å². The van der Waals surface area contributed by atoms with Crippen molar-refractivity contribution in [1.29, 1.82) is 5.26 Å². The van der Waals surface area contributed by atoms with Crippen LogP contribution in [0, 0.1) is 18.4 Å². The molecule has 5 nitrogen and oxygen atoms in total. The third-order valence-corrected chi connectivity index (χ3v) is 1.12. The summed E-state index contributed by atoms with van der Waals surface area (Å²) in [6, 6.07) is 0. The molecular formula is C6H8N4O. The van der Waals surface area contributed by atoms with Crippen molar-refractivity contribution in [3.63, 3.8) is 0 Å². The van der Waals surface area contributed by atoms with E-state index in [0.29, 0.717) is 24.7 Å². The minimum atomic E-state index is 0.551. The molecule has 0 aliphatic rings. The summed E-state index contributed by atoms with van der Waals surface area (Å²) < 4.78 is 4.72. The maximum Gasteiger partial charge on any atom is 0.223 e. The predicted octanol–water partition coefficient (Wildman–Crippen LogP) is -0.00880. The van der Waals surface area contributed by atoms with Gasteiger partial charge in [-0.25, -0.2) is 0 Å². The topological polar surface area (TPSA) is 74.7 Å². The summed E-state index contributed by atoms with van der Waals surface area (Å²) in [6.45, 7) is 2.28. The SMILES string of the molecule is Cc1nc(CCNC#N)no1. The Morgan fingerprint density at radius 1 is 1.73 bits per heavy atom. The van der Waals surface area contributed by atoms with Gasteiger partial charge in [-0.2, -0.15) is 10.2 Å². The van der Waals surface area contributed by atoms with E-state index < -0.39 is 0 Å². The first-order chi connectivity index (χ1) is 5.33. The van der Waals surface area contributed by atoms with E-state index in [9.17, 15) is 0 Å². The molecule has 0 amide bonds. The van der Waals surface area contributed by atoms with Gasteiger partial charge in [0, 0.05) is 19.9 Å². The average Bonchev–Trinajstić information content (AvgIpc) is 2.37. The summed E-state index contributed by atoms with van der Waals surface area (Å²) in [5, 5.41) is 14.3. The number of hydrogen-bond acceptors (Lipinski definition) is 5. The molecule has 0 spiro atoms. The van der Waals surface area contributed by atoms with Gasteiger partial charge in [0.25, 0.3) is 0 Å². The lowest BCUT2D eigenvalue weighted by atomic mass is 10.4. The summed E-state index contributed by atoms with van der Waals surface area (Å²) >= 11 is 0. The zero-order valence-electron chi connectivity index (χ0n) is 6.16. The van der Waals surface area contributed by atoms with Crippen LogP contribution in [0.2, 0.25) is 0 Å². The average molecular weight is 152 g/mol. The molecule has 0 unspecified atom stereocenters. The monoisotopic (exact) mass is 152 g/mol. The molecule has 58 valence electrons. The zero-order chi connectivity index (χ0) is 8.10. The molecule has 0 bridgehead atoms. The first kappa shape index (κ1) is 7.54. The minimum Gasteiger partial charge on any atom is -0.340 e. The summed E-state index contributed by atoms with van der Waals surface area (Å²) in [5.41, 5.74) is 0. The quantitative estimate of drug-likeness (QED) is 0.374. The van der Waals surface area contributed by atoms with Gasteiger partial charge in [0.2, 0.25) is 5.89 Å². The van der Waals surface area contributed by atoms with Crippen LogP contribution in [0.5, 0.6) is 0 Å². The molecule has 1 heterocycles. The molecular weight excluding hydrogens is 144 g/mol. The van der Waals surface area contributed by atoms with Gasteiger partial charge in [-0.3, -0.25) is 0 Å². The highest BCUT2D eigenvalue weighted by atomic mass is 16.5. The van der Waals surface area contributed by atoms with Crippen LogP contribution in [-0.4, -0.2) is 16.7 Å². The molecule has 0 saturated carbocycles. The van der Waals surface area contributed by atoms with Crippen molar-refractivity contribution in [2.45, 2.75) is 13.3 Å². The lowest BCUT2D eigenvalue weighted by molar-refractivity contribution is 0.387. The molecule has 1 aromatic rings. The smallest absolute Gasteiger partial charge is 0.223 e. The first-order valence-corrected chi connectivity index (χ1v) is 3.24. The van der Waals surface area contributed by atoms with E-state index in [4.69, 9.17) is 9.78 Å². The number of nitrogens with zero attached hydrogens (tertiary/aromatic N) is 3. The fourth-order valence-corrected chi connectivity index (χ4v) is 0.673. The Kier molecular flexibility index (Phi) is 2.44. The summed E-state index contributed by atoms with van der Waals surface area (Å²) in [6.07, 6.45) is 2.42. The Bertz CT molecular complexity index is 262. The van der Waals surface area contributed by atoms with Crippen molar-refractivity contribution in [2.24, 2.45) is 0 Å². The highest BCUT2D eigenvalue weighted by Crippen LogP contribution is 1.94. The molecule has 1 aromatic heterocycles. The van der Waals surface area contributed by atoms with Gasteiger partial charge >= 0.3 is 0 Å². The van der Waals surface area contributed by atoms with Crippen LogP contribution in [0.1, 0.15) is 11.7 Å². The predicted molar refractivity (Wildman–Crippen MR) is 36.4 cm³/mol. The van der Waals surface area contributed by atoms with Crippen LogP contribution in [0.15, 0.2) is 4.52 Å². The second-order valence-electron chi connectivity index (χ2n) is 2.02. The largest absolute Gasteiger partial charge is 0.340 e. The summed E-state index contributed by atoms with van der Waals surface area (Å²) in [4.78, 5) is 3.96. The lowest BCUT2D eigenvalue weighted by Gasteiger charge is -1.89. The highest BCUT2D eigenvalue weighted by Gasteiger charge is 1.99. The van der Waals surface area contributed by atoms with Gasteiger partial charge in [0.05, 0.1) is 0 Å². The molecule has 11 heavy (non-hydrogen) atoms. The van der Waals surface area contributed by atoms with Gasteiger partial charge in [-0.05, 0) is 0 Å². The highest BCUT2D eigenvalue weighted by molar-refractivity contribution is 4.85. The van der Waals surface area contributed by atoms with E-state index in [0.717, 1.165) is 0 Å². The Hall–Kier alpha value is -1.57. The van der Waals surface area contributed by atoms with Crippen molar-refractivity contribution < 1.29 is 4.52 Å². The number of hydrogen-bond donors (Lipinski definition) is 1. The molecule has 0 aromatic carbocycles. The van der Waals surface area contributed by atoms with Crippen molar-refractivity contribution in [3.8, 4) is 6.19 Å².